The molecule has 106 valence electrons. The number of hydrogen-bond acceptors (Lipinski definition) is 4. The van der Waals surface area contributed by atoms with E-state index in [1.54, 1.807) is 17.7 Å². The molecule has 1 atom stereocenters. The van der Waals surface area contributed by atoms with Crippen molar-refractivity contribution in [3.05, 3.63) is 35.5 Å². The molecule has 0 unspecified atom stereocenters. The topological polar surface area (TPSA) is 64.2 Å². The lowest BCUT2D eigenvalue weighted by Gasteiger charge is -2.31. The van der Waals surface area contributed by atoms with Gasteiger partial charge in [-0.2, -0.15) is 5.10 Å². The first-order valence-electron chi connectivity index (χ1n) is 6.85. The summed E-state index contributed by atoms with van der Waals surface area (Å²) in [6, 6.07) is 3.71. The number of piperidine rings is 1. The van der Waals surface area contributed by atoms with E-state index in [9.17, 15) is 4.79 Å². The third-order valence-corrected chi connectivity index (χ3v) is 3.71. The second kappa shape index (κ2) is 5.11. The molecule has 20 heavy (non-hydrogen) atoms. The van der Waals surface area contributed by atoms with Gasteiger partial charge < -0.3 is 9.42 Å². The Balaban J connectivity index is 1.73. The molecule has 3 heterocycles. The van der Waals surface area contributed by atoms with Crippen LogP contribution in [0.5, 0.6) is 0 Å². The SMILES string of the molecule is Cc1cc(C(=O)N2CCC[C@H](c3ccn(C)n3)C2)no1. The van der Waals surface area contributed by atoms with Crippen LogP contribution in [0.3, 0.4) is 0 Å². The molecule has 6 nitrogen and oxygen atoms in total. The van der Waals surface area contributed by atoms with Gasteiger partial charge in [0.05, 0.1) is 5.69 Å². The number of amides is 1. The molecule has 1 aliphatic rings. The summed E-state index contributed by atoms with van der Waals surface area (Å²) >= 11 is 0. The predicted molar refractivity (Wildman–Crippen MR) is 72.3 cm³/mol. The van der Waals surface area contributed by atoms with Crippen LogP contribution in [-0.4, -0.2) is 38.8 Å². The molecule has 0 radical (unpaired) electrons. The lowest BCUT2D eigenvalue weighted by atomic mass is 9.95. The van der Waals surface area contributed by atoms with Crippen LogP contribution in [0.4, 0.5) is 0 Å². The maximum Gasteiger partial charge on any atom is 0.276 e. The zero-order valence-corrected chi connectivity index (χ0v) is 11.7. The van der Waals surface area contributed by atoms with Crippen LogP contribution in [0, 0.1) is 6.92 Å². The van der Waals surface area contributed by atoms with Crippen molar-refractivity contribution in [3.8, 4) is 0 Å². The molecule has 0 aromatic carbocycles. The Morgan fingerprint density at radius 3 is 3.00 bits per heavy atom. The van der Waals surface area contributed by atoms with Crippen molar-refractivity contribution in [1.82, 2.24) is 19.8 Å². The second-order valence-corrected chi connectivity index (χ2v) is 5.33. The Bertz CT molecular complexity index is 616. The lowest BCUT2D eigenvalue weighted by Crippen LogP contribution is -2.39. The molecule has 0 N–H and O–H groups in total. The first kappa shape index (κ1) is 12.9. The van der Waals surface area contributed by atoms with Gasteiger partial charge in [0.2, 0.25) is 0 Å². The van der Waals surface area contributed by atoms with Gasteiger partial charge in [0.1, 0.15) is 5.76 Å². The standard InChI is InChI=1S/C14H18N4O2/c1-10-8-13(16-20-10)14(19)18-6-3-4-11(9-18)12-5-7-17(2)15-12/h5,7-8,11H,3-4,6,9H2,1-2H3/t11-/m0/s1. The first-order chi connectivity index (χ1) is 9.63. The van der Waals surface area contributed by atoms with Gasteiger partial charge in [-0.1, -0.05) is 5.16 Å². The van der Waals surface area contributed by atoms with Crippen molar-refractivity contribution in [3.63, 3.8) is 0 Å². The summed E-state index contributed by atoms with van der Waals surface area (Å²) in [5, 5.41) is 8.26. The van der Waals surface area contributed by atoms with Gasteiger partial charge in [0.15, 0.2) is 5.69 Å². The Morgan fingerprint density at radius 1 is 1.50 bits per heavy atom. The number of aromatic nitrogens is 3. The van der Waals surface area contributed by atoms with E-state index in [0.29, 0.717) is 23.9 Å². The molecule has 3 rings (SSSR count). The zero-order valence-electron chi connectivity index (χ0n) is 11.7. The van der Waals surface area contributed by atoms with Crippen molar-refractivity contribution in [2.24, 2.45) is 7.05 Å². The van der Waals surface area contributed by atoms with Gasteiger partial charge in [0.25, 0.3) is 5.91 Å². The first-order valence-corrected chi connectivity index (χ1v) is 6.85. The van der Waals surface area contributed by atoms with E-state index < -0.39 is 0 Å². The molecule has 0 bridgehead atoms. The fraction of sp³-hybridized carbons (Fsp3) is 0.500. The molecule has 2 aromatic rings. The summed E-state index contributed by atoms with van der Waals surface area (Å²) < 4.78 is 6.78. The van der Waals surface area contributed by atoms with E-state index in [1.165, 1.54) is 0 Å². The van der Waals surface area contributed by atoms with Gasteiger partial charge in [0, 0.05) is 38.3 Å². The average Bonchev–Trinajstić information content (AvgIpc) is 3.07. The Kier molecular flexibility index (Phi) is 3.30. The van der Waals surface area contributed by atoms with Crippen molar-refractivity contribution >= 4 is 5.91 Å². The summed E-state index contributed by atoms with van der Waals surface area (Å²) in [4.78, 5) is 14.2. The number of carbonyl (C=O) groups excluding carboxylic acids is 1. The maximum atomic E-state index is 12.4. The minimum absolute atomic E-state index is 0.0533. The summed E-state index contributed by atoms with van der Waals surface area (Å²) in [5.74, 6) is 0.913. The van der Waals surface area contributed by atoms with E-state index in [0.717, 1.165) is 25.1 Å². The largest absolute Gasteiger partial charge is 0.361 e. The number of nitrogens with zero attached hydrogens (tertiary/aromatic N) is 4. The van der Waals surface area contributed by atoms with Crippen LogP contribution in [-0.2, 0) is 7.05 Å². The molecular formula is C14H18N4O2. The van der Waals surface area contributed by atoms with Crippen LogP contribution in [0.1, 0.15) is 40.7 Å². The monoisotopic (exact) mass is 274 g/mol. The van der Waals surface area contributed by atoms with Gasteiger partial charge in [-0.05, 0) is 25.8 Å². The quantitative estimate of drug-likeness (QED) is 0.836. The summed E-state index contributed by atoms with van der Waals surface area (Å²) in [7, 11) is 1.91. The Labute approximate surface area is 117 Å². The van der Waals surface area contributed by atoms with Crippen LogP contribution in [0.15, 0.2) is 22.9 Å². The molecule has 1 fully saturated rings. The smallest absolute Gasteiger partial charge is 0.276 e. The van der Waals surface area contributed by atoms with Gasteiger partial charge in [-0.3, -0.25) is 9.48 Å². The lowest BCUT2D eigenvalue weighted by molar-refractivity contribution is 0.0695. The highest BCUT2D eigenvalue weighted by atomic mass is 16.5. The number of likely N-dealkylation sites (tertiary alicyclic amines) is 1. The summed E-state index contributed by atoms with van der Waals surface area (Å²) in [6.07, 6.45) is 4.00. The number of carbonyl (C=O) groups is 1. The third-order valence-electron chi connectivity index (χ3n) is 3.71. The fourth-order valence-corrected chi connectivity index (χ4v) is 2.68. The third kappa shape index (κ3) is 2.45. The highest BCUT2D eigenvalue weighted by Crippen LogP contribution is 2.26. The minimum Gasteiger partial charge on any atom is -0.361 e. The number of aryl methyl sites for hydroxylation is 2. The normalized spacial score (nSPS) is 19.3. The van der Waals surface area contributed by atoms with Crippen LogP contribution < -0.4 is 0 Å². The van der Waals surface area contributed by atoms with Crippen molar-refractivity contribution < 1.29 is 9.32 Å². The van der Waals surface area contributed by atoms with E-state index in [2.05, 4.69) is 10.3 Å². The predicted octanol–water partition coefficient (Wildman–Crippen LogP) is 1.74. The highest BCUT2D eigenvalue weighted by Gasteiger charge is 2.28. The van der Waals surface area contributed by atoms with E-state index in [-0.39, 0.29) is 5.91 Å². The minimum atomic E-state index is -0.0533. The van der Waals surface area contributed by atoms with Crippen LogP contribution in [0.25, 0.3) is 0 Å². The van der Waals surface area contributed by atoms with E-state index in [1.807, 2.05) is 24.2 Å². The van der Waals surface area contributed by atoms with Crippen LogP contribution >= 0.6 is 0 Å². The van der Waals surface area contributed by atoms with E-state index >= 15 is 0 Å². The molecule has 0 saturated carbocycles. The fourth-order valence-electron chi connectivity index (χ4n) is 2.68. The Morgan fingerprint density at radius 2 is 2.35 bits per heavy atom. The molecule has 0 aliphatic carbocycles. The highest BCUT2D eigenvalue weighted by molar-refractivity contribution is 5.92. The van der Waals surface area contributed by atoms with Crippen molar-refractivity contribution in [2.75, 3.05) is 13.1 Å². The molecule has 6 heteroatoms. The molecule has 0 spiro atoms. The van der Waals surface area contributed by atoms with Crippen molar-refractivity contribution in [2.45, 2.75) is 25.7 Å². The molecule has 1 amide bonds. The second-order valence-electron chi connectivity index (χ2n) is 5.33. The average molecular weight is 274 g/mol. The molecule has 1 saturated heterocycles. The number of rotatable bonds is 2. The number of hydrogen-bond donors (Lipinski definition) is 0. The Hall–Kier alpha value is -2.11. The van der Waals surface area contributed by atoms with Crippen LogP contribution in [0.2, 0.25) is 0 Å². The molecule has 1 aliphatic heterocycles. The van der Waals surface area contributed by atoms with Crippen molar-refractivity contribution in [1.29, 1.82) is 0 Å². The zero-order chi connectivity index (χ0) is 14.1. The van der Waals surface area contributed by atoms with Gasteiger partial charge in [-0.15, -0.1) is 0 Å². The van der Waals surface area contributed by atoms with Gasteiger partial charge >= 0.3 is 0 Å². The summed E-state index contributed by atoms with van der Waals surface area (Å²) in [6.45, 7) is 3.26. The molecular weight excluding hydrogens is 256 g/mol. The maximum absolute atomic E-state index is 12.4. The van der Waals surface area contributed by atoms with Gasteiger partial charge in [-0.25, -0.2) is 0 Å². The molecule has 2 aromatic heterocycles. The summed E-state index contributed by atoms with van der Waals surface area (Å²) in [5.41, 5.74) is 1.45. The van der Waals surface area contributed by atoms with E-state index in [4.69, 9.17) is 4.52 Å².